The number of hydrogen-bond donors (Lipinski definition) is 1. The molecule has 0 radical (unpaired) electrons. The third kappa shape index (κ3) is 3.56. The van der Waals surface area contributed by atoms with Crippen LogP contribution in [-0.4, -0.2) is 25.0 Å². The second-order valence-electron chi connectivity index (χ2n) is 3.69. The van der Waals surface area contributed by atoms with E-state index in [0.29, 0.717) is 0 Å². The number of halogens is 1. The van der Waals surface area contributed by atoms with E-state index in [9.17, 15) is 8.42 Å². The Morgan fingerprint density at radius 3 is 2.46 bits per heavy atom. The van der Waals surface area contributed by atoms with Crippen molar-refractivity contribution in [3.63, 3.8) is 0 Å². The van der Waals surface area contributed by atoms with Crippen molar-refractivity contribution in [1.82, 2.24) is 4.72 Å². The van der Waals surface area contributed by atoms with Crippen LogP contribution in [0.2, 0.25) is 0 Å². The molecule has 1 aliphatic rings. The third-order valence-electron chi connectivity index (χ3n) is 2.25. The van der Waals surface area contributed by atoms with Gasteiger partial charge in [-0.25, -0.2) is 13.1 Å². The van der Waals surface area contributed by atoms with Gasteiger partial charge in [-0.15, -0.1) is 0 Å². The molecular formula is C8H16BrNO2S. The summed E-state index contributed by atoms with van der Waals surface area (Å²) in [6.07, 6.45) is 3.59. The summed E-state index contributed by atoms with van der Waals surface area (Å²) < 4.78 is 25.7. The van der Waals surface area contributed by atoms with Gasteiger partial charge in [-0.3, -0.25) is 0 Å². The fraction of sp³-hybridized carbons (Fsp3) is 1.00. The van der Waals surface area contributed by atoms with Crippen molar-refractivity contribution in [1.29, 1.82) is 0 Å². The predicted octanol–water partition coefficient (Wildman–Crippen LogP) is 1.63. The minimum absolute atomic E-state index is 0.146. The molecule has 0 saturated heterocycles. The third-order valence-corrected chi connectivity index (χ3v) is 4.89. The van der Waals surface area contributed by atoms with E-state index in [1.165, 1.54) is 0 Å². The summed E-state index contributed by atoms with van der Waals surface area (Å²) >= 11 is 3.33. The van der Waals surface area contributed by atoms with E-state index in [0.717, 1.165) is 31.0 Å². The Balaban J connectivity index is 2.43. The van der Waals surface area contributed by atoms with Crippen LogP contribution in [0.25, 0.3) is 0 Å². The Morgan fingerprint density at radius 2 is 2.08 bits per heavy atom. The van der Waals surface area contributed by atoms with Crippen molar-refractivity contribution in [2.45, 2.75) is 38.1 Å². The number of nitrogens with one attached hydrogen (secondary N) is 1. The van der Waals surface area contributed by atoms with Crippen molar-refractivity contribution in [2.75, 3.05) is 11.1 Å². The Bertz CT molecular complexity index is 259. The molecule has 0 unspecified atom stereocenters. The maximum absolute atomic E-state index is 11.5. The minimum Gasteiger partial charge on any atom is -0.212 e. The molecule has 3 nitrogen and oxygen atoms in total. The number of rotatable bonds is 6. The molecule has 1 fully saturated rings. The second-order valence-corrected chi connectivity index (χ2v) is 6.09. The zero-order valence-electron chi connectivity index (χ0n) is 7.85. The molecule has 13 heavy (non-hydrogen) atoms. The molecule has 1 N–H and O–H groups in total. The quantitative estimate of drug-likeness (QED) is 0.746. The molecule has 0 atom stereocenters. The van der Waals surface area contributed by atoms with Crippen LogP contribution < -0.4 is 4.72 Å². The zero-order valence-corrected chi connectivity index (χ0v) is 10.2. The van der Waals surface area contributed by atoms with Crippen molar-refractivity contribution >= 4 is 26.0 Å². The standard InChI is InChI=1S/C8H16BrNO2S/c1-2-3-6-13(11,12)10-8(7-9)4-5-8/h10H,2-7H2,1H3. The number of hydrogen-bond acceptors (Lipinski definition) is 2. The molecule has 0 aromatic rings. The number of alkyl halides is 1. The lowest BCUT2D eigenvalue weighted by molar-refractivity contribution is 0.558. The van der Waals surface area contributed by atoms with Gasteiger partial charge in [0.25, 0.3) is 0 Å². The Morgan fingerprint density at radius 1 is 1.46 bits per heavy atom. The summed E-state index contributed by atoms with van der Waals surface area (Å²) in [5.41, 5.74) is -0.146. The van der Waals surface area contributed by atoms with E-state index in [1.807, 2.05) is 6.92 Å². The summed E-state index contributed by atoms with van der Waals surface area (Å²) in [6.45, 7) is 1.99. The maximum Gasteiger partial charge on any atom is 0.212 e. The van der Waals surface area contributed by atoms with Crippen LogP contribution in [-0.2, 0) is 10.0 Å². The van der Waals surface area contributed by atoms with Gasteiger partial charge in [-0.1, -0.05) is 29.3 Å². The molecule has 0 aromatic heterocycles. The summed E-state index contributed by atoms with van der Waals surface area (Å²) in [4.78, 5) is 0. The lowest BCUT2D eigenvalue weighted by atomic mass is 10.4. The van der Waals surface area contributed by atoms with Gasteiger partial charge in [0.05, 0.1) is 5.75 Å². The first kappa shape index (κ1) is 11.5. The molecule has 0 amide bonds. The highest BCUT2D eigenvalue weighted by Crippen LogP contribution is 2.37. The minimum atomic E-state index is -3.03. The molecule has 1 rings (SSSR count). The first-order valence-corrected chi connectivity index (χ1v) is 7.38. The van der Waals surface area contributed by atoms with Crippen LogP contribution in [0.3, 0.4) is 0 Å². The summed E-state index contributed by atoms with van der Waals surface area (Å²) in [5.74, 6) is 0.262. The first-order valence-electron chi connectivity index (χ1n) is 4.61. The fourth-order valence-electron chi connectivity index (χ4n) is 1.13. The lowest BCUT2D eigenvalue weighted by Gasteiger charge is -2.13. The monoisotopic (exact) mass is 269 g/mol. The molecular weight excluding hydrogens is 254 g/mol. The largest absolute Gasteiger partial charge is 0.212 e. The van der Waals surface area contributed by atoms with Gasteiger partial charge in [0, 0.05) is 10.9 Å². The molecule has 0 bridgehead atoms. The second kappa shape index (κ2) is 4.28. The van der Waals surface area contributed by atoms with Gasteiger partial charge in [0.1, 0.15) is 0 Å². The van der Waals surface area contributed by atoms with Gasteiger partial charge in [-0.2, -0.15) is 0 Å². The lowest BCUT2D eigenvalue weighted by Crippen LogP contribution is -2.39. The van der Waals surface area contributed by atoms with E-state index >= 15 is 0 Å². The Labute approximate surface area is 88.5 Å². The van der Waals surface area contributed by atoms with Crippen molar-refractivity contribution in [3.8, 4) is 0 Å². The van der Waals surface area contributed by atoms with Crippen molar-refractivity contribution in [3.05, 3.63) is 0 Å². The van der Waals surface area contributed by atoms with Crippen molar-refractivity contribution < 1.29 is 8.42 Å². The predicted molar refractivity (Wildman–Crippen MR) is 57.6 cm³/mol. The molecule has 0 aromatic carbocycles. The van der Waals surface area contributed by atoms with E-state index < -0.39 is 10.0 Å². The van der Waals surface area contributed by atoms with Gasteiger partial charge >= 0.3 is 0 Å². The average molecular weight is 270 g/mol. The van der Waals surface area contributed by atoms with Gasteiger partial charge in [-0.05, 0) is 19.3 Å². The Hall–Kier alpha value is 0.390. The average Bonchev–Trinajstić information content (AvgIpc) is 2.81. The number of unbranched alkanes of at least 4 members (excludes halogenated alkanes) is 1. The van der Waals surface area contributed by atoms with E-state index in [4.69, 9.17) is 0 Å². The SMILES string of the molecule is CCCCS(=O)(=O)NC1(CBr)CC1. The van der Waals surface area contributed by atoms with Crippen LogP contribution >= 0.6 is 15.9 Å². The summed E-state index contributed by atoms with van der Waals surface area (Å²) in [7, 11) is -3.03. The molecule has 78 valence electrons. The van der Waals surface area contributed by atoms with E-state index in [1.54, 1.807) is 0 Å². The first-order chi connectivity index (χ1) is 6.04. The highest BCUT2D eigenvalue weighted by Gasteiger charge is 2.44. The van der Waals surface area contributed by atoms with E-state index in [-0.39, 0.29) is 11.3 Å². The van der Waals surface area contributed by atoms with Crippen LogP contribution in [0, 0.1) is 0 Å². The van der Waals surface area contributed by atoms with E-state index in [2.05, 4.69) is 20.7 Å². The molecule has 1 aliphatic carbocycles. The van der Waals surface area contributed by atoms with Gasteiger partial charge < -0.3 is 0 Å². The highest BCUT2D eigenvalue weighted by atomic mass is 79.9. The van der Waals surface area contributed by atoms with Gasteiger partial charge in [0.2, 0.25) is 10.0 Å². The molecule has 0 aliphatic heterocycles. The molecule has 1 saturated carbocycles. The Kier molecular flexibility index (Phi) is 3.77. The molecule has 0 heterocycles. The van der Waals surface area contributed by atoms with Crippen LogP contribution in [0.1, 0.15) is 32.6 Å². The topological polar surface area (TPSA) is 46.2 Å². The van der Waals surface area contributed by atoms with Gasteiger partial charge in [0.15, 0.2) is 0 Å². The zero-order chi connectivity index (χ0) is 9.95. The molecule has 5 heteroatoms. The number of sulfonamides is 1. The molecule has 0 spiro atoms. The highest BCUT2D eigenvalue weighted by molar-refractivity contribution is 9.09. The fourth-order valence-corrected chi connectivity index (χ4v) is 3.72. The normalized spacial score (nSPS) is 20.2. The van der Waals surface area contributed by atoms with Crippen molar-refractivity contribution in [2.24, 2.45) is 0 Å². The van der Waals surface area contributed by atoms with Crippen LogP contribution in [0.4, 0.5) is 0 Å². The van der Waals surface area contributed by atoms with Crippen LogP contribution in [0.5, 0.6) is 0 Å². The summed E-state index contributed by atoms with van der Waals surface area (Å²) in [6, 6.07) is 0. The smallest absolute Gasteiger partial charge is 0.212 e. The summed E-state index contributed by atoms with van der Waals surface area (Å²) in [5, 5.41) is 0.728. The maximum atomic E-state index is 11.5. The van der Waals surface area contributed by atoms with Crippen LogP contribution in [0.15, 0.2) is 0 Å².